The van der Waals surface area contributed by atoms with E-state index in [9.17, 15) is 14.4 Å². The second-order valence-corrected chi connectivity index (χ2v) is 10.2. The lowest BCUT2D eigenvalue weighted by atomic mass is 9.94. The van der Waals surface area contributed by atoms with Gasteiger partial charge in [-0.25, -0.2) is 4.98 Å². The van der Waals surface area contributed by atoms with Crippen LogP contribution >= 0.6 is 0 Å². The van der Waals surface area contributed by atoms with Gasteiger partial charge in [0.1, 0.15) is 17.6 Å². The molecule has 1 heterocycles. The largest absolute Gasteiger partial charge is 0.497 e. The molecule has 0 saturated heterocycles. The molecule has 3 aromatic rings. The van der Waals surface area contributed by atoms with Gasteiger partial charge in [-0.15, -0.1) is 0 Å². The summed E-state index contributed by atoms with van der Waals surface area (Å²) in [4.78, 5) is 46.0. The lowest BCUT2D eigenvalue weighted by Gasteiger charge is -2.33. The number of ether oxygens (including phenoxy) is 1. The summed E-state index contributed by atoms with van der Waals surface area (Å²) < 4.78 is 5.44. The summed E-state index contributed by atoms with van der Waals surface area (Å²) in [6, 6.07) is 19.4. The van der Waals surface area contributed by atoms with E-state index >= 15 is 0 Å². The van der Waals surface area contributed by atoms with Crippen molar-refractivity contribution < 1.29 is 19.1 Å². The monoisotopic (exact) mass is 542 g/mol. The molecule has 8 heteroatoms. The third-order valence-corrected chi connectivity index (χ3v) is 7.18. The van der Waals surface area contributed by atoms with Gasteiger partial charge in [-0.2, -0.15) is 0 Å². The van der Waals surface area contributed by atoms with Crippen LogP contribution in [0.3, 0.4) is 0 Å². The lowest BCUT2D eigenvalue weighted by Crippen LogP contribution is -2.47. The SMILES string of the molecule is COc1cccc(N(C(=O)CCCC(=O)Nc2ccccn2)[C@@H](C(=O)NC2CCCCC2)c2ccc(C)cc2)c1. The molecule has 1 aromatic heterocycles. The zero-order chi connectivity index (χ0) is 28.3. The molecule has 210 valence electrons. The Morgan fingerprint density at radius 2 is 1.75 bits per heavy atom. The molecule has 1 atom stereocenters. The fourth-order valence-electron chi connectivity index (χ4n) is 5.05. The molecule has 40 heavy (non-hydrogen) atoms. The molecule has 1 aliphatic carbocycles. The predicted octanol–water partition coefficient (Wildman–Crippen LogP) is 5.73. The molecular weight excluding hydrogens is 504 g/mol. The number of hydrogen-bond acceptors (Lipinski definition) is 5. The first-order chi connectivity index (χ1) is 19.4. The van der Waals surface area contributed by atoms with Crippen molar-refractivity contribution in [3.63, 3.8) is 0 Å². The van der Waals surface area contributed by atoms with Gasteiger partial charge in [-0.05, 0) is 56.0 Å². The Labute approximate surface area is 236 Å². The number of pyridine rings is 1. The van der Waals surface area contributed by atoms with E-state index in [1.54, 1.807) is 54.6 Å². The number of nitrogens with one attached hydrogen (secondary N) is 2. The molecule has 0 bridgehead atoms. The second-order valence-electron chi connectivity index (χ2n) is 10.2. The molecule has 0 spiro atoms. The van der Waals surface area contributed by atoms with Crippen molar-refractivity contribution in [2.24, 2.45) is 0 Å². The highest BCUT2D eigenvalue weighted by molar-refractivity contribution is 6.01. The summed E-state index contributed by atoms with van der Waals surface area (Å²) in [6.07, 6.45) is 7.38. The van der Waals surface area contributed by atoms with E-state index in [4.69, 9.17) is 4.74 Å². The van der Waals surface area contributed by atoms with Gasteiger partial charge in [0.05, 0.1) is 7.11 Å². The van der Waals surface area contributed by atoms with Crippen LogP contribution in [0.1, 0.15) is 68.5 Å². The van der Waals surface area contributed by atoms with Crippen LogP contribution < -0.4 is 20.3 Å². The van der Waals surface area contributed by atoms with Crippen molar-refractivity contribution in [1.82, 2.24) is 10.3 Å². The topological polar surface area (TPSA) is 101 Å². The molecule has 0 aliphatic heterocycles. The first kappa shape index (κ1) is 28.8. The maximum Gasteiger partial charge on any atom is 0.248 e. The van der Waals surface area contributed by atoms with E-state index < -0.39 is 6.04 Å². The van der Waals surface area contributed by atoms with E-state index in [1.807, 2.05) is 37.3 Å². The van der Waals surface area contributed by atoms with E-state index in [1.165, 1.54) is 6.42 Å². The first-order valence-corrected chi connectivity index (χ1v) is 14.0. The number of nitrogens with zero attached hydrogens (tertiary/aromatic N) is 2. The van der Waals surface area contributed by atoms with E-state index in [2.05, 4.69) is 15.6 Å². The molecule has 8 nitrogen and oxygen atoms in total. The van der Waals surface area contributed by atoms with Crippen molar-refractivity contribution >= 4 is 29.2 Å². The van der Waals surface area contributed by atoms with Crippen LogP contribution in [0, 0.1) is 6.92 Å². The summed E-state index contributed by atoms with van der Waals surface area (Å²) in [5, 5.41) is 5.99. The maximum atomic E-state index is 13.9. The fourth-order valence-corrected chi connectivity index (χ4v) is 5.05. The molecule has 1 aliphatic rings. The minimum atomic E-state index is -0.871. The molecule has 0 radical (unpaired) electrons. The summed E-state index contributed by atoms with van der Waals surface area (Å²) in [5.74, 6) is 0.378. The number of methoxy groups -OCH3 is 1. The van der Waals surface area contributed by atoms with Crippen LogP contribution in [0.5, 0.6) is 5.75 Å². The van der Waals surface area contributed by atoms with Crippen LogP contribution in [-0.4, -0.2) is 35.9 Å². The Bertz CT molecular complexity index is 1270. The number of benzene rings is 2. The standard InChI is InChI=1S/C32H38N4O4/c1-23-17-19-24(20-18-23)31(32(39)34-25-10-4-3-5-11-25)36(26-12-8-13-27(22-26)40-2)30(38)16-9-15-29(37)35-28-14-6-7-21-33-28/h6-8,12-14,17-22,25,31H,3-5,9-11,15-16H2,1-2H3,(H,34,39)(H,33,35,37)/t31-/m1/s1. The predicted molar refractivity (Wildman–Crippen MR) is 156 cm³/mol. The summed E-state index contributed by atoms with van der Waals surface area (Å²) in [5.41, 5.74) is 2.35. The normalized spacial score (nSPS) is 14.2. The molecule has 0 unspecified atom stereocenters. The van der Waals surface area contributed by atoms with Crippen molar-refractivity contribution in [2.45, 2.75) is 70.4 Å². The van der Waals surface area contributed by atoms with Crippen molar-refractivity contribution in [3.05, 3.63) is 84.1 Å². The van der Waals surface area contributed by atoms with Gasteiger partial charge in [0.15, 0.2) is 0 Å². The number of hydrogen-bond donors (Lipinski definition) is 2. The van der Waals surface area contributed by atoms with Crippen LogP contribution in [0.15, 0.2) is 72.9 Å². The number of aromatic nitrogens is 1. The average molecular weight is 543 g/mol. The average Bonchev–Trinajstić information content (AvgIpc) is 2.97. The molecule has 2 aromatic carbocycles. The third-order valence-electron chi connectivity index (χ3n) is 7.18. The highest BCUT2D eigenvalue weighted by Gasteiger charge is 2.34. The van der Waals surface area contributed by atoms with Crippen LogP contribution in [0.4, 0.5) is 11.5 Å². The van der Waals surface area contributed by atoms with Crippen molar-refractivity contribution in [1.29, 1.82) is 0 Å². The molecule has 3 amide bonds. The summed E-state index contributed by atoms with van der Waals surface area (Å²) >= 11 is 0. The van der Waals surface area contributed by atoms with Crippen LogP contribution in [0.25, 0.3) is 0 Å². The zero-order valence-electron chi connectivity index (χ0n) is 23.3. The highest BCUT2D eigenvalue weighted by atomic mass is 16.5. The maximum absolute atomic E-state index is 13.9. The van der Waals surface area contributed by atoms with Crippen molar-refractivity contribution in [3.8, 4) is 5.75 Å². The Balaban J connectivity index is 1.59. The van der Waals surface area contributed by atoms with Gasteiger partial charge in [-0.1, -0.05) is 61.2 Å². The van der Waals surface area contributed by atoms with Crippen molar-refractivity contribution in [2.75, 3.05) is 17.3 Å². The summed E-state index contributed by atoms with van der Waals surface area (Å²) in [6.45, 7) is 1.99. The minimum Gasteiger partial charge on any atom is -0.497 e. The Hall–Kier alpha value is -4.20. The molecule has 4 rings (SSSR count). The van der Waals surface area contributed by atoms with Crippen LogP contribution in [-0.2, 0) is 14.4 Å². The second kappa shape index (κ2) is 14.3. The third kappa shape index (κ3) is 7.91. The van der Waals surface area contributed by atoms with Crippen LogP contribution in [0.2, 0.25) is 0 Å². The van der Waals surface area contributed by atoms with Gasteiger partial charge in [0.2, 0.25) is 17.7 Å². The lowest BCUT2D eigenvalue weighted by molar-refractivity contribution is -0.127. The number of rotatable bonds is 11. The molecule has 1 saturated carbocycles. The number of carbonyl (C=O) groups is 3. The molecule has 1 fully saturated rings. The van der Waals surface area contributed by atoms with Gasteiger partial charge >= 0.3 is 0 Å². The smallest absolute Gasteiger partial charge is 0.248 e. The minimum absolute atomic E-state index is 0.0892. The Morgan fingerprint density at radius 1 is 0.975 bits per heavy atom. The number of anilines is 2. The first-order valence-electron chi connectivity index (χ1n) is 14.0. The summed E-state index contributed by atoms with van der Waals surface area (Å²) in [7, 11) is 1.57. The van der Waals surface area contributed by atoms with Gasteiger partial charge in [0.25, 0.3) is 0 Å². The fraction of sp³-hybridized carbons (Fsp3) is 0.375. The quantitative estimate of drug-likeness (QED) is 0.322. The zero-order valence-corrected chi connectivity index (χ0v) is 23.3. The van der Waals surface area contributed by atoms with Gasteiger partial charge in [0, 0.05) is 36.8 Å². The number of carbonyl (C=O) groups excluding carboxylic acids is 3. The Morgan fingerprint density at radius 3 is 2.45 bits per heavy atom. The number of aryl methyl sites for hydroxylation is 1. The molecule has 2 N–H and O–H groups in total. The van der Waals surface area contributed by atoms with Gasteiger partial charge in [-0.3, -0.25) is 19.3 Å². The molecular formula is C32H38N4O4. The highest BCUT2D eigenvalue weighted by Crippen LogP contribution is 2.32. The number of amides is 3. The van der Waals surface area contributed by atoms with E-state index in [0.717, 1.165) is 36.8 Å². The van der Waals surface area contributed by atoms with E-state index in [-0.39, 0.29) is 36.6 Å². The van der Waals surface area contributed by atoms with E-state index in [0.29, 0.717) is 23.7 Å². The van der Waals surface area contributed by atoms with Gasteiger partial charge < -0.3 is 15.4 Å². The Kier molecular flexibility index (Phi) is 10.3.